The van der Waals surface area contributed by atoms with E-state index in [4.69, 9.17) is 4.74 Å². The van der Waals surface area contributed by atoms with Gasteiger partial charge in [-0.15, -0.1) is 0 Å². The van der Waals surface area contributed by atoms with Crippen molar-refractivity contribution in [1.82, 2.24) is 5.32 Å². The molecule has 5 heteroatoms. The molecule has 0 bridgehead atoms. The van der Waals surface area contributed by atoms with Gasteiger partial charge in [0, 0.05) is 26.4 Å². The zero-order valence-electron chi connectivity index (χ0n) is 20.0. The maximum atomic E-state index is 12.8. The Morgan fingerprint density at radius 1 is 0.853 bits per heavy atom. The minimum atomic E-state index is -0.624. The Balaban J connectivity index is 1.50. The Bertz CT molecular complexity index is 1100. The van der Waals surface area contributed by atoms with Gasteiger partial charge in [-0.05, 0) is 41.7 Å². The van der Waals surface area contributed by atoms with E-state index in [2.05, 4.69) is 23.5 Å². The molecule has 0 aromatic heterocycles. The maximum Gasteiger partial charge on any atom is 0.226 e. The molecule has 0 aliphatic rings. The quantitative estimate of drug-likeness (QED) is 0.402. The van der Waals surface area contributed by atoms with Gasteiger partial charge >= 0.3 is 0 Å². The van der Waals surface area contributed by atoms with Crippen molar-refractivity contribution >= 4 is 28.2 Å². The van der Waals surface area contributed by atoms with Crippen molar-refractivity contribution in [3.8, 4) is 0 Å². The molecule has 0 aliphatic carbocycles. The van der Waals surface area contributed by atoms with Crippen LogP contribution < -0.4 is 5.32 Å². The van der Waals surface area contributed by atoms with Gasteiger partial charge in [0.2, 0.25) is 5.91 Å². The second kappa shape index (κ2) is 12.8. The molecule has 0 aliphatic heterocycles. The summed E-state index contributed by atoms with van der Waals surface area (Å²) in [4.78, 5) is 38.0. The summed E-state index contributed by atoms with van der Waals surface area (Å²) in [5.74, 6) is -0.952. The highest BCUT2D eigenvalue weighted by atomic mass is 16.5. The lowest BCUT2D eigenvalue weighted by Crippen LogP contribution is -2.43. The number of hydrogen-bond donors (Lipinski definition) is 1. The Labute approximate surface area is 201 Å². The van der Waals surface area contributed by atoms with E-state index in [0.717, 1.165) is 21.9 Å². The van der Waals surface area contributed by atoms with Crippen LogP contribution in [0.15, 0.2) is 72.8 Å². The molecule has 0 fully saturated rings. The molecule has 1 N–H and O–H groups in total. The topological polar surface area (TPSA) is 72.5 Å². The third kappa shape index (κ3) is 7.35. The predicted molar refractivity (Wildman–Crippen MR) is 135 cm³/mol. The lowest BCUT2D eigenvalue weighted by Gasteiger charge is -2.19. The molecule has 2 atom stereocenters. The number of nitrogens with one attached hydrogen (secondary N) is 1. The Morgan fingerprint density at radius 2 is 1.56 bits per heavy atom. The van der Waals surface area contributed by atoms with Gasteiger partial charge in [0.25, 0.3) is 0 Å². The molecule has 0 heterocycles. The van der Waals surface area contributed by atoms with Crippen LogP contribution in [0.4, 0.5) is 0 Å². The fraction of sp³-hybridized carbons (Fsp3) is 0.345. The monoisotopic (exact) mass is 459 g/mol. The summed E-state index contributed by atoms with van der Waals surface area (Å²) in [5.41, 5.74) is 2.21. The number of carbonyl (C=O) groups excluding carboxylic acids is 3. The highest BCUT2D eigenvalue weighted by Gasteiger charge is 2.25. The fourth-order valence-electron chi connectivity index (χ4n) is 4.13. The Morgan fingerprint density at radius 3 is 2.32 bits per heavy atom. The highest BCUT2D eigenvalue weighted by molar-refractivity contribution is 5.92. The number of ketones is 2. The Hall–Kier alpha value is -3.31. The van der Waals surface area contributed by atoms with Gasteiger partial charge in [-0.3, -0.25) is 14.4 Å². The molecule has 3 rings (SSSR count). The third-order valence-electron chi connectivity index (χ3n) is 6.11. The van der Waals surface area contributed by atoms with Crippen molar-refractivity contribution in [1.29, 1.82) is 0 Å². The number of amides is 1. The zero-order chi connectivity index (χ0) is 24.3. The number of Topliss-reactive ketones (excluding diaryl/α,β-unsaturated/α-hetero) is 2. The van der Waals surface area contributed by atoms with Gasteiger partial charge < -0.3 is 10.1 Å². The van der Waals surface area contributed by atoms with Crippen LogP contribution in [-0.2, 0) is 32.0 Å². The molecule has 178 valence electrons. The van der Waals surface area contributed by atoms with Crippen LogP contribution in [0.2, 0.25) is 0 Å². The van der Waals surface area contributed by atoms with Crippen LogP contribution in [0.1, 0.15) is 37.3 Å². The number of carbonyl (C=O) groups is 3. The molecular formula is C29H33NO4. The molecule has 3 aromatic rings. The van der Waals surface area contributed by atoms with Gasteiger partial charge in [0.1, 0.15) is 5.78 Å². The molecular weight excluding hydrogens is 426 g/mol. The van der Waals surface area contributed by atoms with Crippen molar-refractivity contribution in [2.45, 2.75) is 45.1 Å². The van der Waals surface area contributed by atoms with Crippen molar-refractivity contribution in [3.05, 3.63) is 83.9 Å². The van der Waals surface area contributed by atoms with Gasteiger partial charge in [-0.2, -0.15) is 0 Å². The van der Waals surface area contributed by atoms with Crippen molar-refractivity contribution < 1.29 is 19.1 Å². The summed E-state index contributed by atoms with van der Waals surface area (Å²) in [6.45, 7) is 1.84. The van der Waals surface area contributed by atoms with Crippen molar-refractivity contribution in [3.63, 3.8) is 0 Å². The molecule has 3 aromatic carbocycles. The molecule has 0 spiro atoms. The maximum absolute atomic E-state index is 12.8. The average molecular weight is 460 g/mol. The van der Waals surface area contributed by atoms with Gasteiger partial charge in [-0.25, -0.2) is 0 Å². The highest BCUT2D eigenvalue weighted by Crippen LogP contribution is 2.20. The van der Waals surface area contributed by atoms with Crippen LogP contribution in [0.25, 0.3) is 10.8 Å². The van der Waals surface area contributed by atoms with E-state index in [-0.39, 0.29) is 30.5 Å². The molecule has 0 saturated carbocycles. The summed E-state index contributed by atoms with van der Waals surface area (Å²) >= 11 is 0. The Kier molecular flexibility index (Phi) is 9.53. The number of fused-ring (bicyclic) bond motifs is 1. The number of hydrogen-bond acceptors (Lipinski definition) is 4. The van der Waals surface area contributed by atoms with Crippen LogP contribution in [0, 0.1) is 5.92 Å². The van der Waals surface area contributed by atoms with Crippen LogP contribution >= 0.6 is 0 Å². The SMILES string of the molecule is COC[C@H](CC(=O)CCc1ccccc1)C(=O)N[C@@H](C)C(=O)CCc1cccc2ccccc12. The summed E-state index contributed by atoms with van der Waals surface area (Å²) in [6.07, 6.45) is 2.06. The first-order valence-electron chi connectivity index (χ1n) is 11.8. The van der Waals surface area contributed by atoms with E-state index in [9.17, 15) is 14.4 Å². The number of ether oxygens (including phenoxy) is 1. The van der Waals surface area contributed by atoms with E-state index >= 15 is 0 Å². The lowest BCUT2D eigenvalue weighted by molar-refractivity contribution is -0.133. The normalized spacial score (nSPS) is 12.8. The largest absolute Gasteiger partial charge is 0.384 e. The van der Waals surface area contributed by atoms with Gasteiger partial charge in [0.15, 0.2) is 5.78 Å². The van der Waals surface area contributed by atoms with E-state index in [1.165, 1.54) is 7.11 Å². The van der Waals surface area contributed by atoms with E-state index in [1.54, 1.807) is 6.92 Å². The summed E-state index contributed by atoms with van der Waals surface area (Å²) in [5, 5.41) is 5.09. The molecule has 34 heavy (non-hydrogen) atoms. The minimum Gasteiger partial charge on any atom is -0.384 e. The van der Waals surface area contributed by atoms with Crippen LogP contribution in [-0.4, -0.2) is 37.2 Å². The summed E-state index contributed by atoms with van der Waals surface area (Å²) in [6, 6.07) is 23.4. The average Bonchev–Trinajstić information content (AvgIpc) is 2.86. The van der Waals surface area contributed by atoms with Crippen LogP contribution in [0.3, 0.4) is 0 Å². The lowest BCUT2D eigenvalue weighted by atomic mass is 9.96. The first-order chi connectivity index (χ1) is 16.5. The first kappa shape index (κ1) is 25.3. The standard InChI is InChI=1S/C29H33NO4/c1-21(28(32)18-16-24-13-8-12-23-11-6-7-14-27(23)24)30-29(33)25(20-34-2)19-26(31)17-15-22-9-4-3-5-10-22/h3-14,21,25H,15-20H2,1-2H3,(H,30,33)/t21-,25-/m0/s1. The van der Waals surface area contributed by atoms with E-state index in [1.807, 2.05) is 54.6 Å². The van der Waals surface area contributed by atoms with E-state index < -0.39 is 12.0 Å². The number of methoxy groups -OCH3 is 1. The molecule has 0 saturated heterocycles. The van der Waals surface area contributed by atoms with Crippen molar-refractivity contribution in [2.24, 2.45) is 5.92 Å². The van der Waals surface area contributed by atoms with Gasteiger partial charge in [0.05, 0.1) is 18.6 Å². The van der Waals surface area contributed by atoms with E-state index in [0.29, 0.717) is 25.7 Å². The first-order valence-corrected chi connectivity index (χ1v) is 11.8. The molecule has 0 unspecified atom stereocenters. The molecule has 5 nitrogen and oxygen atoms in total. The number of rotatable bonds is 13. The smallest absolute Gasteiger partial charge is 0.226 e. The second-order valence-corrected chi connectivity index (χ2v) is 8.72. The second-order valence-electron chi connectivity index (χ2n) is 8.72. The predicted octanol–water partition coefficient (Wildman–Crippen LogP) is 4.70. The zero-order valence-corrected chi connectivity index (χ0v) is 20.0. The minimum absolute atomic E-state index is 0.0102. The molecule has 1 amide bonds. The summed E-state index contributed by atoms with van der Waals surface area (Å²) in [7, 11) is 1.51. The molecule has 0 radical (unpaired) electrons. The van der Waals surface area contributed by atoms with Gasteiger partial charge in [-0.1, -0.05) is 72.8 Å². The van der Waals surface area contributed by atoms with Crippen LogP contribution in [0.5, 0.6) is 0 Å². The fourth-order valence-corrected chi connectivity index (χ4v) is 4.13. The number of aryl methyl sites for hydroxylation is 2. The number of benzene rings is 3. The summed E-state index contributed by atoms with van der Waals surface area (Å²) < 4.78 is 5.18. The van der Waals surface area contributed by atoms with Crippen molar-refractivity contribution in [2.75, 3.05) is 13.7 Å². The third-order valence-corrected chi connectivity index (χ3v) is 6.11.